The first-order valence-corrected chi connectivity index (χ1v) is 13.2. The molecule has 2 N–H and O–H groups in total. The Hall–Kier alpha value is -0.120. The van der Waals surface area contributed by atoms with Crippen LogP contribution >= 0.6 is 0 Å². The molecule has 3 nitrogen and oxygen atoms in total. The van der Waals surface area contributed by atoms with Crippen molar-refractivity contribution >= 4 is 0 Å². The van der Waals surface area contributed by atoms with E-state index in [1.54, 1.807) is 0 Å². The molecule has 0 aromatic rings. The van der Waals surface area contributed by atoms with Crippen LogP contribution in [0.5, 0.6) is 0 Å². The van der Waals surface area contributed by atoms with Crippen LogP contribution in [0, 0.1) is 52.3 Å². The van der Waals surface area contributed by atoms with Crippen molar-refractivity contribution in [2.75, 3.05) is 6.61 Å². The van der Waals surface area contributed by atoms with Gasteiger partial charge in [0.15, 0.2) is 0 Å². The molecule has 0 amide bonds. The van der Waals surface area contributed by atoms with Gasteiger partial charge in [-0.1, -0.05) is 27.7 Å². The van der Waals surface area contributed by atoms with Crippen LogP contribution in [0.4, 0.5) is 0 Å². The third-order valence-electron chi connectivity index (χ3n) is 11.5. The molecule has 5 fully saturated rings. The van der Waals surface area contributed by atoms with Crippen molar-refractivity contribution in [3.8, 4) is 0 Å². The van der Waals surface area contributed by atoms with E-state index in [4.69, 9.17) is 4.74 Å². The summed E-state index contributed by atoms with van der Waals surface area (Å²) in [6, 6.07) is 0. The normalized spacial score (nSPS) is 56.0. The van der Waals surface area contributed by atoms with Gasteiger partial charge in [-0.15, -0.1) is 0 Å². The van der Waals surface area contributed by atoms with Crippen LogP contribution in [0.15, 0.2) is 0 Å². The molecular formula is C27H46O3. The monoisotopic (exact) mass is 418 g/mol. The zero-order chi connectivity index (χ0) is 21.3. The Morgan fingerprint density at radius 1 is 1.00 bits per heavy atom. The second-order valence-corrected chi connectivity index (χ2v) is 12.8. The predicted molar refractivity (Wildman–Crippen MR) is 120 cm³/mol. The van der Waals surface area contributed by atoms with E-state index in [9.17, 15) is 10.2 Å². The minimum Gasteiger partial charge on any atom is -0.396 e. The Bertz CT molecular complexity index is 636. The second-order valence-electron chi connectivity index (χ2n) is 12.8. The molecule has 0 unspecified atom stereocenters. The number of aliphatic hydroxyl groups excluding tert-OH is 2. The SMILES string of the molecule is C[C@H](CO)CC[C@H]1O[C@H]2C[C@H]3[C@@H]4CC[C@@H]5C[C@@H](O)CC[C@]5(C)[C@H]4CC[C@]3(C)[C@H]2[C@@H]1C. The average Bonchev–Trinajstić information content (AvgIpc) is 3.20. The second kappa shape index (κ2) is 7.73. The van der Waals surface area contributed by atoms with Crippen LogP contribution in [0.2, 0.25) is 0 Å². The fourth-order valence-corrected chi connectivity index (χ4v) is 9.79. The Morgan fingerprint density at radius 2 is 1.77 bits per heavy atom. The average molecular weight is 419 g/mol. The summed E-state index contributed by atoms with van der Waals surface area (Å²) in [5.74, 6) is 5.13. The first-order chi connectivity index (χ1) is 14.3. The largest absolute Gasteiger partial charge is 0.396 e. The lowest BCUT2D eigenvalue weighted by atomic mass is 9.44. The summed E-state index contributed by atoms with van der Waals surface area (Å²) >= 11 is 0. The molecule has 0 radical (unpaired) electrons. The lowest BCUT2D eigenvalue weighted by molar-refractivity contribution is -0.130. The van der Waals surface area contributed by atoms with Crippen LogP contribution < -0.4 is 0 Å². The number of aliphatic hydroxyl groups is 2. The van der Waals surface area contributed by atoms with Gasteiger partial charge >= 0.3 is 0 Å². The molecule has 1 heterocycles. The molecule has 12 atom stereocenters. The highest BCUT2D eigenvalue weighted by atomic mass is 16.5. The van der Waals surface area contributed by atoms with E-state index in [0.717, 1.165) is 55.3 Å². The van der Waals surface area contributed by atoms with Crippen molar-refractivity contribution in [2.24, 2.45) is 52.3 Å². The summed E-state index contributed by atoms with van der Waals surface area (Å²) in [5.41, 5.74) is 0.927. The van der Waals surface area contributed by atoms with Gasteiger partial charge in [0.25, 0.3) is 0 Å². The van der Waals surface area contributed by atoms with Crippen molar-refractivity contribution in [3.05, 3.63) is 0 Å². The summed E-state index contributed by atoms with van der Waals surface area (Å²) in [6.45, 7) is 10.2. The Balaban J connectivity index is 1.32. The Morgan fingerprint density at radius 3 is 2.53 bits per heavy atom. The van der Waals surface area contributed by atoms with Gasteiger partial charge in [-0.25, -0.2) is 0 Å². The van der Waals surface area contributed by atoms with Crippen LogP contribution in [0.1, 0.15) is 91.9 Å². The third-order valence-corrected chi connectivity index (χ3v) is 11.5. The minimum absolute atomic E-state index is 0.0425. The van der Waals surface area contributed by atoms with Gasteiger partial charge in [0.1, 0.15) is 0 Å². The number of hydrogen-bond donors (Lipinski definition) is 2. The molecule has 4 aliphatic carbocycles. The van der Waals surface area contributed by atoms with Gasteiger partial charge in [-0.3, -0.25) is 0 Å². The Kier molecular flexibility index (Phi) is 5.60. The molecule has 1 saturated heterocycles. The molecule has 172 valence electrons. The highest BCUT2D eigenvalue weighted by Crippen LogP contribution is 2.70. The van der Waals surface area contributed by atoms with E-state index in [0.29, 0.717) is 41.5 Å². The quantitative estimate of drug-likeness (QED) is 0.640. The van der Waals surface area contributed by atoms with E-state index in [-0.39, 0.29) is 6.10 Å². The molecule has 0 spiro atoms. The topological polar surface area (TPSA) is 49.7 Å². The number of hydrogen-bond acceptors (Lipinski definition) is 3. The van der Waals surface area contributed by atoms with Crippen molar-refractivity contribution in [1.29, 1.82) is 0 Å². The third kappa shape index (κ3) is 3.16. The maximum absolute atomic E-state index is 10.3. The summed E-state index contributed by atoms with van der Waals surface area (Å²) in [5, 5.41) is 19.7. The highest BCUT2D eigenvalue weighted by Gasteiger charge is 2.65. The molecule has 3 heteroatoms. The van der Waals surface area contributed by atoms with E-state index < -0.39 is 0 Å². The summed E-state index contributed by atoms with van der Waals surface area (Å²) in [6.07, 6.45) is 13.2. The van der Waals surface area contributed by atoms with E-state index in [1.165, 1.54) is 38.5 Å². The van der Waals surface area contributed by atoms with Crippen molar-refractivity contribution in [1.82, 2.24) is 0 Å². The van der Waals surface area contributed by atoms with Crippen LogP contribution in [0.25, 0.3) is 0 Å². The molecule has 0 aromatic heterocycles. The van der Waals surface area contributed by atoms with Gasteiger partial charge in [0.2, 0.25) is 0 Å². The van der Waals surface area contributed by atoms with Gasteiger partial charge in [0.05, 0.1) is 18.3 Å². The molecule has 5 aliphatic rings. The molecule has 4 saturated carbocycles. The van der Waals surface area contributed by atoms with Gasteiger partial charge in [-0.2, -0.15) is 0 Å². The fourth-order valence-electron chi connectivity index (χ4n) is 9.79. The first kappa shape index (κ1) is 21.7. The zero-order valence-corrected chi connectivity index (χ0v) is 19.9. The van der Waals surface area contributed by atoms with Gasteiger partial charge < -0.3 is 14.9 Å². The zero-order valence-electron chi connectivity index (χ0n) is 19.9. The summed E-state index contributed by atoms with van der Waals surface area (Å²) in [4.78, 5) is 0. The van der Waals surface area contributed by atoms with Crippen LogP contribution in [-0.4, -0.2) is 35.1 Å². The van der Waals surface area contributed by atoms with Crippen LogP contribution in [-0.2, 0) is 4.74 Å². The molecule has 1 aliphatic heterocycles. The van der Waals surface area contributed by atoms with Crippen molar-refractivity contribution in [3.63, 3.8) is 0 Å². The fraction of sp³-hybridized carbons (Fsp3) is 1.00. The Labute approximate surface area is 184 Å². The molecule has 30 heavy (non-hydrogen) atoms. The molecular weight excluding hydrogens is 372 g/mol. The molecule has 0 aromatic carbocycles. The number of rotatable bonds is 4. The van der Waals surface area contributed by atoms with E-state index in [2.05, 4.69) is 27.7 Å². The number of ether oxygens (including phenoxy) is 1. The summed E-state index contributed by atoms with van der Waals surface area (Å²) < 4.78 is 6.76. The first-order valence-electron chi connectivity index (χ1n) is 13.2. The van der Waals surface area contributed by atoms with Gasteiger partial charge in [0, 0.05) is 6.61 Å². The van der Waals surface area contributed by atoms with Crippen LogP contribution in [0.3, 0.4) is 0 Å². The molecule has 5 rings (SSSR count). The van der Waals surface area contributed by atoms with E-state index in [1.807, 2.05) is 0 Å². The lowest BCUT2D eigenvalue weighted by Gasteiger charge is -2.61. The van der Waals surface area contributed by atoms with Crippen molar-refractivity contribution in [2.45, 2.75) is 110 Å². The maximum atomic E-state index is 10.3. The smallest absolute Gasteiger partial charge is 0.0618 e. The number of fused-ring (bicyclic) bond motifs is 7. The van der Waals surface area contributed by atoms with Crippen molar-refractivity contribution < 1.29 is 14.9 Å². The van der Waals surface area contributed by atoms with Gasteiger partial charge in [-0.05, 0) is 116 Å². The minimum atomic E-state index is -0.0425. The highest BCUT2D eigenvalue weighted by molar-refractivity contribution is 5.14. The standard InChI is InChI=1S/C27H46O3/c1-16(15-28)5-8-23-17(2)25-24(30-23)14-22-20-7-6-18-13-19(29)9-11-26(18,3)21(20)10-12-27(22,25)4/h16-25,28-29H,5-15H2,1-4H3/t16-,17+,18+,19-,20+,21-,22-,23+,24-,25-,26-,27-/m0/s1. The molecule has 0 bridgehead atoms. The summed E-state index contributed by atoms with van der Waals surface area (Å²) in [7, 11) is 0. The lowest BCUT2D eigenvalue weighted by Crippen LogP contribution is -2.54. The maximum Gasteiger partial charge on any atom is 0.0618 e. The van der Waals surface area contributed by atoms with E-state index >= 15 is 0 Å². The predicted octanol–water partition coefficient (Wildman–Crippen LogP) is 5.43.